The van der Waals surface area contributed by atoms with Gasteiger partial charge in [0.15, 0.2) is 0 Å². The standard InChI is InChI=1S/C14H18F3NOS/c1-10-2-5-13(19-6-7-20-14(15,16)17)11(8-10)9-18-12-3-4-12/h2,5,8,12,18H,3-4,6-7,9H2,1H3. The van der Waals surface area contributed by atoms with Crippen LogP contribution >= 0.6 is 11.8 Å². The van der Waals surface area contributed by atoms with Gasteiger partial charge in [-0.1, -0.05) is 17.7 Å². The maximum absolute atomic E-state index is 12.0. The molecule has 1 aromatic rings. The summed E-state index contributed by atoms with van der Waals surface area (Å²) in [4.78, 5) is 0. The van der Waals surface area contributed by atoms with Crippen molar-refractivity contribution in [2.45, 2.75) is 37.9 Å². The largest absolute Gasteiger partial charge is 0.492 e. The predicted molar refractivity (Wildman–Crippen MR) is 75.0 cm³/mol. The Kier molecular flexibility index (Phi) is 5.21. The first kappa shape index (κ1) is 15.5. The molecule has 0 atom stereocenters. The molecule has 1 fully saturated rings. The minimum atomic E-state index is -4.19. The van der Waals surface area contributed by atoms with Gasteiger partial charge in [0.05, 0.1) is 6.61 Å². The summed E-state index contributed by atoms with van der Waals surface area (Å²) in [6.45, 7) is 2.75. The van der Waals surface area contributed by atoms with Crippen LogP contribution in [0.3, 0.4) is 0 Å². The fraction of sp³-hybridized carbons (Fsp3) is 0.571. The van der Waals surface area contributed by atoms with E-state index in [1.165, 1.54) is 12.8 Å². The molecule has 0 heterocycles. The Morgan fingerprint density at radius 2 is 2.10 bits per heavy atom. The minimum absolute atomic E-state index is 0.0505. The van der Waals surface area contributed by atoms with E-state index >= 15 is 0 Å². The Bertz CT molecular complexity index is 447. The van der Waals surface area contributed by atoms with Crippen molar-refractivity contribution in [2.24, 2.45) is 0 Å². The highest BCUT2D eigenvalue weighted by Gasteiger charge is 2.27. The van der Waals surface area contributed by atoms with Crippen molar-refractivity contribution in [1.82, 2.24) is 5.32 Å². The van der Waals surface area contributed by atoms with Crippen molar-refractivity contribution in [2.75, 3.05) is 12.4 Å². The number of thioether (sulfide) groups is 1. The molecule has 1 aliphatic rings. The van der Waals surface area contributed by atoms with Gasteiger partial charge in [-0.3, -0.25) is 0 Å². The quantitative estimate of drug-likeness (QED) is 0.773. The molecule has 0 saturated heterocycles. The van der Waals surface area contributed by atoms with Crippen molar-refractivity contribution >= 4 is 11.8 Å². The highest BCUT2D eigenvalue weighted by molar-refractivity contribution is 8.00. The van der Waals surface area contributed by atoms with Crippen molar-refractivity contribution in [1.29, 1.82) is 0 Å². The molecule has 2 nitrogen and oxygen atoms in total. The molecule has 6 heteroatoms. The average molecular weight is 305 g/mol. The average Bonchev–Trinajstić information content (AvgIpc) is 3.16. The fourth-order valence-electron chi connectivity index (χ4n) is 1.84. The number of hydrogen-bond acceptors (Lipinski definition) is 3. The van der Waals surface area contributed by atoms with Crippen LogP contribution in [0.2, 0.25) is 0 Å². The van der Waals surface area contributed by atoms with Crippen LogP contribution in [0, 0.1) is 6.92 Å². The smallest absolute Gasteiger partial charge is 0.441 e. The van der Waals surface area contributed by atoms with Gasteiger partial charge >= 0.3 is 5.51 Å². The zero-order chi connectivity index (χ0) is 14.6. The van der Waals surface area contributed by atoms with Gasteiger partial charge < -0.3 is 10.1 Å². The summed E-state index contributed by atoms with van der Waals surface area (Å²) < 4.78 is 41.6. The highest BCUT2D eigenvalue weighted by Crippen LogP contribution is 2.30. The van der Waals surface area contributed by atoms with Gasteiger partial charge in [-0.15, -0.1) is 0 Å². The van der Waals surface area contributed by atoms with Gasteiger partial charge in [-0.05, 0) is 37.6 Å². The Balaban J connectivity index is 1.85. The van der Waals surface area contributed by atoms with Crippen LogP contribution in [0.4, 0.5) is 13.2 Å². The monoisotopic (exact) mass is 305 g/mol. The minimum Gasteiger partial charge on any atom is -0.492 e. The Morgan fingerprint density at radius 3 is 2.75 bits per heavy atom. The number of ether oxygens (including phenoxy) is 1. The van der Waals surface area contributed by atoms with Crippen LogP contribution in [0.15, 0.2) is 18.2 Å². The maximum atomic E-state index is 12.0. The van der Waals surface area contributed by atoms with Gasteiger partial charge in [0.1, 0.15) is 5.75 Å². The molecular formula is C14H18F3NOS. The topological polar surface area (TPSA) is 21.3 Å². The SMILES string of the molecule is Cc1ccc(OCCSC(F)(F)F)c(CNC2CC2)c1. The van der Waals surface area contributed by atoms with Gasteiger partial charge in [-0.2, -0.15) is 13.2 Å². The van der Waals surface area contributed by atoms with Crippen LogP contribution in [0.25, 0.3) is 0 Å². The van der Waals surface area contributed by atoms with Gasteiger partial charge in [0.2, 0.25) is 0 Å². The second-order valence-corrected chi connectivity index (χ2v) is 6.07. The summed E-state index contributed by atoms with van der Waals surface area (Å²) in [7, 11) is 0. The molecule has 0 radical (unpaired) electrons. The first-order chi connectivity index (χ1) is 9.44. The van der Waals surface area contributed by atoms with Crippen molar-refractivity contribution in [3.05, 3.63) is 29.3 Å². The number of halogens is 3. The number of rotatable bonds is 7. The lowest BCUT2D eigenvalue weighted by molar-refractivity contribution is -0.0329. The van der Waals surface area contributed by atoms with E-state index < -0.39 is 5.51 Å². The third kappa shape index (κ3) is 5.63. The lowest BCUT2D eigenvalue weighted by Gasteiger charge is -2.13. The molecule has 0 bridgehead atoms. The summed E-state index contributed by atoms with van der Waals surface area (Å²) in [5, 5.41) is 3.39. The van der Waals surface area contributed by atoms with Crippen molar-refractivity contribution < 1.29 is 17.9 Å². The molecular weight excluding hydrogens is 287 g/mol. The van der Waals surface area contributed by atoms with Gasteiger partial charge in [0, 0.05) is 23.9 Å². The van der Waals surface area contributed by atoms with Crippen molar-refractivity contribution in [3.8, 4) is 5.75 Å². The van der Waals surface area contributed by atoms with Crippen LogP contribution < -0.4 is 10.1 Å². The number of aryl methyl sites for hydroxylation is 1. The summed E-state index contributed by atoms with van der Waals surface area (Å²) in [6, 6.07) is 6.34. The van der Waals surface area contributed by atoms with Crippen LogP contribution in [-0.2, 0) is 6.54 Å². The first-order valence-electron chi connectivity index (χ1n) is 6.60. The number of nitrogens with one attached hydrogen (secondary N) is 1. The molecule has 2 rings (SSSR count). The summed E-state index contributed by atoms with van der Waals surface area (Å²) >= 11 is -0.0505. The van der Waals surface area contributed by atoms with Crippen LogP contribution in [-0.4, -0.2) is 23.9 Å². The summed E-state index contributed by atoms with van der Waals surface area (Å²) in [5.74, 6) is 0.582. The molecule has 20 heavy (non-hydrogen) atoms. The van der Waals surface area contributed by atoms with Gasteiger partial charge in [0.25, 0.3) is 0 Å². The second-order valence-electron chi connectivity index (χ2n) is 4.91. The van der Waals surface area contributed by atoms with E-state index in [-0.39, 0.29) is 24.1 Å². The molecule has 0 unspecified atom stereocenters. The van der Waals surface area contributed by atoms with Crippen LogP contribution in [0.1, 0.15) is 24.0 Å². The lowest BCUT2D eigenvalue weighted by Crippen LogP contribution is -2.16. The Labute approximate surface area is 121 Å². The zero-order valence-corrected chi connectivity index (χ0v) is 12.1. The van der Waals surface area contributed by atoms with E-state index in [1.54, 1.807) is 0 Å². The molecule has 1 saturated carbocycles. The Hall–Kier alpha value is -0.880. The fourth-order valence-corrected chi connectivity index (χ4v) is 2.24. The summed E-state index contributed by atoms with van der Waals surface area (Å²) in [6.07, 6.45) is 2.40. The zero-order valence-electron chi connectivity index (χ0n) is 11.3. The van der Waals surface area contributed by atoms with E-state index in [0.717, 1.165) is 11.1 Å². The third-order valence-corrected chi connectivity index (χ3v) is 3.68. The second kappa shape index (κ2) is 6.72. The molecule has 1 N–H and O–H groups in total. The molecule has 112 valence electrons. The highest BCUT2D eigenvalue weighted by atomic mass is 32.2. The van der Waals surface area contributed by atoms with Crippen molar-refractivity contribution in [3.63, 3.8) is 0 Å². The molecule has 0 amide bonds. The van der Waals surface area contributed by atoms with Gasteiger partial charge in [-0.25, -0.2) is 0 Å². The lowest BCUT2D eigenvalue weighted by atomic mass is 10.1. The molecule has 0 aromatic heterocycles. The van der Waals surface area contributed by atoms with E-state index in [4.69, 9.17) is 4.74 Å². The normalized spacial score (nSPS) is 15.4. The number of alkyl halides is 3. The molecule has 0 aliphatic heterocycles. The predicted octanol–water partition coefficient (Wildman–Crippen LogP) is 3.88. The number of benzene rings is 1. The molecule has 0 spiro atoms. The third-order valence-electron chi connectivity index (χ3n) is 2.98. The van der Waals surface area contributed by atoms with E-state index in [2.05, 4.69) is 5.32 Å². The van der Waals surface area contributed by atoms with E-state index in [0.29, 0.717) is 18.3 Å². The number of hydrogen-bond donors (Lipinski definition) is 1. The first-order valence-corrected chi connectivity index (χ1v) is 7.59. The Morgan fingerprint density at radius 1 is 1.35 bits per heavy atom. The maximum Gasteiger partial charge on any atom is 0.441 e. The van der Waals surface area contributed by atoms with E-state index in [9.17, 15) is 13.2 Å². The van der Waals surface area contributed by atoms with Crippen LogP contribution in [0.5, 0.6) is 5.75 Å². The van der Waals surface area contributed by atoms with E-state index in [1.807, 2.05) is 25.1 Å². The summed E-state index contributed by atoms with van der Waals surface area (Å²) in [5.41, 5.74) is -2.06. The molecule has 1 aromatic carbocycles. The molecule has 1 aliphatic carbocycles.